The molecule has 0 aliphatic carbocycles. The van der Waals surface area contributed by atoms with Gasteiger partial charge in [-0.1, -0.05) is 60.2 Å². The van der Waals surface area contributed by atoms with Gasteiger partial charge in [-0.05, 0) is 37.3 Å². The number of aromatic nitrogens is 2. The summed E-state index contributed by atoms with van der Waals surface area (Å²) in [5.74, 6) is 0.755. The second-order valence-electron chi connectivity index (χ2n) is 6.62. The summed E-state index contributed by atoms with van der Waals surface area (Å²) in [6, 6.07) is 26.7. The number of anilines is 1. The van der Waals surface area contributed by atoms with Gasteiger partial charge in [-0.25, -0.2) is 18.1 Å². The monoisotopic (exact) mass is 417 g/mol. The molecule has 30 heavy (non-hydrogen) atoms. The van der Waals surface area contributed by atoms with Crippen LogP contribution in [0.25, 0.3) is 11.3 Å². The molecule has 150 valence electrons. The van der Waals surface area contributed by atoms with E-state index in [1.807, 2.05) is 49.4 Å². The summed E-state index contributed by atoms with van der Waals surface area (Å²) in [7, 11) is -3.84. The Bertz CT molecular complexity index is 1260. The zero-order chi connectivity index (χ0) is 21.0. The van der Waals surface area contributed by atoms with Gasteiger partial charge in [-0.15, -0.1) is 0 Å². The Hall–Kier alpha value is -3.71. The highest BCUT2D eigenvalue weighted by atomic mass is 32.2. The van der Waals surface area contributed by atoms with Crippen molar-refractivity contribution in [1.82, 2.24) is 9.97 Å². The number of rotatable bonds is 6. The summed E-state index contributed by atoms with van der Waals surface area (Å²) < 4.78 is 33.8. The van der Waals surface area contributed by atoms with Gasteiger partial charge < -0.3 is 4.74 Å². The number of hydrogen-bond acceptors (Lipinski definition) is 5. The standard InChI is InChI=1S/C23H19N3O3S/c1-17-9-8-10-18(15-17)21-16-22(29-19-11-4-2-5-12-19)25-23(24-21)26-30(27,28)20-13-6-3-7-14-20/h2-16H,1H3,(H,24,25,26). The predicted molar refractivity (Wildman–Crippen MR) is 116 cm³/mol. The van der Waals surface area contributed by atoms with E-state index in [0.29, 0.717) is 11.4 Å². The van der Waals surface area contributed by atoms with Gasteiger partial charge in [0.15, 0.2) is 0 Å². The third kappa shape index (κ3) is 4.64. The van der Waals surface area contributed by atoms with Crippen molar-refractivity contribution >= 4 is 16.0 Å². The maximum Gasteiger partial charge on any atom is 0.264 e. The Morgan fingerprint density at radius 3 is 2.20 bits per heavy atom. The second-order valence-corrected chi connectivity index (χ2v) is 8.30. The highest BCUT2D eigenvalue weighted by molar-refractivity contribution is 7.92. The number of para-hydroxylation sites is 1. The van der Waals surface area contributed by atoms with E-state index < -0.39 is 10.0 Å². The predicted octanol–water partition coefficient (Wildman–Crippen LogP) is 5.05. The van der Waals surface area contributed by atoms with E-state index in [4.69, 9.17) is 4.74 Å². The number of nitrogens with zero attached hydrogens (tertiary/aromatic N) is 2. The molecule has 1 heterocycles. The smallest absolute Gasteiger partial charge is 0.264 e. The van der Waals surface area contributed by atoms with E-state index >= 15 is 0 Å². The van der Waals surface area contributed by atoms with Crippen LogP contribution >= 0.6 is 0 Å². The normalized spacial score (nSPS) is 11.1. The largest absolute Gasteiger partial charge is 0.439 e. The quantitative estimate of drug-likeness (QED) is 0.475. The molecular weight excluding hydrogens is 398 g/mol. The lowest BCUT2D eigenvalue weighted by Crippen LogP contribution is -2.15. The molecule has 4 rings (SSSR count). The molecule has 0 fully saturated rings. The molecule has 0 bridgehead atoms. The zero-order valence-corrected chi connectivity index (χ0v) is 17.0. The van der Waals surface area contributed by atoms with Crippen LogP contribution in [0.4, 0.5) is 5.95 Å². The first-order chi connectivity index (χ1) is 14.5. The van der Waals surface area contributed by atoms with Gasteiger partial charge in [-0.2, -0.15) is 4.98 Å². The Morgan fingerprint density at radius 2 is 1.50 bits per heavy atom. The lowest BCUT2D eigenvalue weighted by atomic mass is 10.1. The van der Waals surface area contributed by atoms with Gasteiger partial charge in [0.2, 0.25) is 11.8 Å². The molecule has 0 aliphatic heterocycles. The van der Waals surface area contributed by atoms with Crippen LogP contribution < -0.4 is 9.46 Å². The fraction of sp³-hybridized carbons (Fsp3) is 0.0435. The number of sulfonamides is 1. The summed E-state index contributed by atoms with van der Waals surface area (Å²) in [4.78, 5) is 8.80. The summed E-state index contributed by atoms with van der Waals surface area (Å²) in [6.45, 7) is 1.98. The van der Waals surface area contributed by atoms with E-state index in [9.17, 15) is 8.42 Å². The van der Waals surface area contributed by atoms with Gasteiger partial charge in [0, 0.05) is 11.6 Å². The fourth-order valence-electron chi connectivity index (χ4n) is 2.86. The molecule has 7 heteroatoms. The molecule has 6 nitrogen and oxygen atoms in total. The first-order valence-electron chi connectivity index (χ1n) is 9.26. The van der Waals surface area contributed by atoms with Crippen molar-refractivity contribution in [2.75, 3.05) is 4.72 Å². The fourth-order valence-corrected chi connectivity index (χ4v) is 3.83. The topological polar surface area (TPSA) is 81.2 Å². The molecule has 1 N–H and O–H groups in total. The molecule has 0 spiro atoms. The lowest BCUT2D eigenvalue weighted by Gasteiger charge is -2.11. The zero-order valence-electron chi connectivity index (χ0n) is 16.2. The molecule has 1 aromatic heterocycles. The summed E-state index contributed by atoms with van der Waals surface area (Å²) in [6.07, 6.45) is 0. The molecule has 0 radical (unpaired) electrons. The van der Waals surface area contributed by atoms with E-state index in [0.717, 1.165) is 11.1 Å². The average Bonchev–Trinajstić information content (AvgIpc) is 2.75. The van der Waals surface area contributed by atoms with Crippen LogP contribution in [0.5, 0.6) is 11.6 Å². The number of aryl methyl sites for hydroxylation is 1. The molecular formula is C23H19N3O3S. The molecule has 0 amide bonds. The third-order valence-corrected chi connectivity index (χ3v) is 5.61. The van der Waals surface area contributed by atoms with Crippen molar-refractivity contribution in [3.63, 3.8) is 0 Å². The maximum atomic E-state index is 12.7. The maximum absolute atomic E-state index is 12.7. The summed E-state index contributed by atoms with van der Waals surface area (Å²) in [5, 5.41) is 0. The van der Waals surface area contributed by atoms with Crippen molar-refractivity contribution in [3.05, 3.63) is 96.6 Å². The lowest BCUT2D eigenvalue weighted by molar-refractivity contribution is 0.463. The number of benzene rings is 3. The van der Waals surface area contributed by atoms with E-state index in [1.165, 1.54) is 12.1 Å². The first kappa shape index (κ1) is 19.6. The molecule has 4 aromatic rings. The van der Waals surface area contributed by atoms with Crippen LogP contribution in [0.2, 0.25) is 0 Å². The van der Waals surface area contributed by atoms with E-state index in [1.54, 1.807) is 36.4 Å². The average molecular weight is 417 g/mol. The number of nitrogens with one attached hydrogen (secondary N) is 1. The van der Waals surface area contributed by atoms with Crippen molar-refractivity contribution in [2.24, 2.45) is 0 Å². The Morgan fingerprint density at radius 1 is 0.800 bits per heavy atom. The summed E-state index contributed by atoms with van der Waals surface area (Å²) >= 11 is 0. The Balaban J connectivity index is 1.75. The van der Waals surface area contributed by atoms with Crippen molar-refractivity contribution in [3.8, 4) is 22.9 Å². The van der Waals surface area contributed by atoms with Crippen LogP contribution in [-0.4, -0.2) is 18.4 Å². The van der Waals surface area contributed by atoms with Crippen LogP contribution in [0.3, 0.4) is 0 Å². The minimum absolute atomic E-state index is 0.0659. The minimum Gasteiger partial charge on any atom is -0.439 e. The van der Waals surface area contributed by atoms with Crippen LogP contribution in [-0.2, 0) is 10.0 Å². The Labute approximate surface area is 175 Å². The van der Waals surface area contributed by atoms with Gasteiger partial charge in [0.25, 0.3) is 10.0 Å². The molecule has 0 unspecified atom stereocenters. The SMILES string of the molecule is Cc1cccc(-c2cc(Oc3ccccc3)nc(NS(=O)(=O)c3ccccc3)n2)c1. The van der Waals surface area contributed by atoms with Crippen molar-refractivity contribution in [1.29, 1.82) is 0 Å². The minimum atomic E-state index is -3.84. The number of ether oxygens (including phenoxy) is 1. The van der Waals surface area contributed by atoms with E-state index in [-0.39, 0.29) is 16.7 Å². The van der Waals surface area contributed by atoms with Gasteiger partial charge in [0.05, 0.1) is 10.6 Å². The van der Waals surface area contributed by atoms with Crippen LogP contribution in [0, 0.1) is 6.92 Å². The molecule has 0 saturated carbocycles. The highest BCUT2D eigenvalue weighted by Gasteiger charge is 2.17. The van der Waals surface area contributed by atoms with E-state index in [2.05, 4.69) is 14.7 Å². The van der Waals surface area contributed by atoms with Gasteiger partial charge in [-0.3, -0.25) is 0 Å². The molecule has 0 saturated heterocycles. The highest BCUT2D eigenvalue weighted by Crippen LogP contribution is 2.27. The van der Waals surface area contributed by atoms with Gasteiger partial charge in [0.1, 0.15) is 5.75 Å². The number of hydrogen-bond donors (Lipinski definition) is 1. The first-order valence-corrected chi connectivity index (χ1v) is 10.7. The summed E-state index contributed by atoms with van der Waals surface area (Å²) in [5.41, 5.74) is 2.43. The Kier molecular flexibility index (Phi) is 5.45. The second kappa shape index (κ2) is 8.34. The van der Waals surface area contributed by atoms with Crippen molar-refractivity contribution < 1.29 is 13.2 Å². The molecule has 0 atom stereocenters. The van der Waals surface area contributed by atoms with Crippen LogP contribution in [0.15, 0.2) is 95.9 Å². The van der Waals surface area contributed by atoms with Crippen molar-refractivity contribution in [2.45, 2.75) is 11.8 Å². The third-order valence-electron chi connectivity index (χ3n) is 4.26. The van der Waals surface area contributed by atoms with Gasteiger partial charge >= 0.3 is 0 Å². The molecule has 3 aromatic carbocycles. The van der Waals surface area contributed by atoms with Crippen LogP contribution in [0.1, 0.15) is 5.56 Å². The molecule has 0 aliphatic rings.